The lowest BCUT2D eigenvalue weighted by Gasteiger charge is -2.10. The van der Waals surface area contributed by atoms with E-state index in [0.29, 0.717) is 0 Å². The molecule has 0 saturated heterocycles. The van der Waals surface area contributed by atoms with Crippen LogP contribution in [-0.4, -0.2) is 14.6 Å². The number of hydrogen-bond donors (Lipinski definition) is 1. The number of aryl methyl sites for hydroxylation is 2. The quantitative estimate of drug-likeness (QED) is 0.750. The Bertz CT molecular complexity index is 597. The van der Waals surface area contributed by atoms with Crippen LogP contribution >= 0.6 is 0 Å². The molecule has 0 atom stereocenters. The van der Waals surface area contributed by atoms with Crippen molar-refractivity contribution in [3.05, 3.63) is 33.9 Å². The summed E-state index contributed by atoms with van der Waals surface area (Å²) < 4.78 is 1.63. The van der Waals surface area contributed by atoms with Crippen LogP contribution in [0.15, 0.2) is 17.1 Å². The molecule has 0 aliphatic heterocycles. The van der Waals surface area contributed by atoms with Crippen LogP contribution < -0.4 is 5.69 Å². The van der Waals surface area contributed by atoms with E-state index in [1.54, 1.807) is 4.40 Å². The summed E-state index contributed by atoms with van der Waals surface area (Å²) in [6.45, 7) is 4.44. The summed E-state index contributed by atoms with van der Waals surface area (Å²) in [5, 5.41) is 6.59. The van der Waals surface area contributed by atoms with Gasteiger partial charge >= 0.3 is 5.69 Å². The number of aromatic amines is 1. The maximum atomic E-state index is 11.7. The normalized spacial score (nSPS) is 11.3. The van der Waals surface area contributed by atoms with E-state index in [-0.39, 0.29) is 5.69 Å². The van der Waals surface area contributed by atoms with E-state index >= 15 is 0 Å². The minimum Gasteiger partial charge on any atom is -0.250 e. The lowest BCUT2D eigenvalue weighted by Crippen LogP contribution is -2.10. The average Bonchev–Trinajstić information content (AvgIpc) is 2.80. The Morgan fingerprint density at radius 1 is 1.05 bits per heavy atom. The Hall–Kier alpha value is -1.58. The van der Waals surface area contributed by atoms with Crippen molar-refractivity contribution in [2.45, 2.75) is 65.2 Å². The predicted octanol–water partition coefficient (Wildman–Crippen LogP) is 3.49. The first-order valence-corrected chi connectivity index (χ1v) is 7.84. The third kappa shape index (κ3) is 3.50. The molecule has 0 aromatic carbocycles. The van der Waals surface area contributed by atoms with Crippen molar-refractivity contribution in [3.8, 4) is 0 Å². The Kier molecular flexibility index (Phi) is 5.39. The standard InChI is InChI=1S/C16H25N3O/c1-3-5-7-9-13-11-15-17-18-16(20)19(15)12-14(13)10-8-6-4-2/h11-12H,3-10H2,1-2H3,(H,18,20). The largest absolute Gasteiger partial charge is 0.347 e. The topological polar surface area (TPSA) is 50.2 Å². The Morgan fingerprint density at radius 2 is 1.70 bits per heavy atom. The highest BCUT2D eigenvalue weighted by Crippen LogP contribution is 2.17. The smallest absolute Gasteiger partial charge is 0.250 e. The number of fused-ring (bicyclic) bond motifs is 1. The van der Waals surface area contributed by atoms with E-state index in [1.807, 2.05) is 6.20 Å². The lowest BCUT2D eigenvalue weighted by molar-refractivity contribution is 0.691. The molecule has 0 aliphatic carbocycles. The van der Waals surface area contributed by atoms with E-state index in [1.165, 1.54) is 49.7 Å². The fraction of sp³-hybridized carbons (Fsp3) is 0.625. The number of pyridine rings is 1. The minimum atomic E-state index is -0.142. The molecule has 2 heterocycles. The first-order chi connectivity index (χ1) is 9.76. The number of hydrogen-bond acceptors (Lipinski definition) is 2. The maximum absolute atomic E-state index is 11.7. The maximum Gasteiger partial charge on any atom is 0.347 e. The van der Waals surface area contributed by atoms with Crippen LogP contribution in [0.1, 0.15) is 63.5 Å². The summed E-state index contributed by atoms with van der Waals surface area (Å²) in [4.78, 5) is 11.7. The van der Waals surface area contributed by atoms with Gasteiger partial charge in [0.05, 0.1) is 0 Å². The van der Waals surface area contributed by atoms with Gasteiger partial charge in [-0.2, -0.15) is 5.10 Å². The van der Waals surface area contributed by atoms with Gasteiger partial charge in [-0.25, -0.2) is 9.89 Å². The summed E-state index contributed by atoms with van der Waals surface area (Å²) in [5.74, 6) is 0. The second-order valence-corrected chi connectivity index (χ2v) is 5.50. The third-order valence-corrected chi connectivity index (χ3v) is 3.83. The predicted molar refractivity (Wildman–Crippen MR) is 82.3 cm³/mol. The van der Waals surface area contributed by atoms with Gasteiger partial charge in [-0.05, 0) is 42.9 Å². The number of aromatic nitrogens is 3. The summed E-state index contributed by atoms with van der Waals surface area (Å²) in [6, 6.07) is 2.08. The molecular weight excluding hydrogens is 250 g/mol. The molecule has 2 aromatic heterocycles. The number of H-pyrrole nitrogens is 1. The van der Waals surface area contributed by atoms with Crippen molar-refractivity contribution in [1.29, 1.82) is 0 Å². The molecule has 110 valence electrons. The van der Waals surface area contributed by atoms with Gasteiger partial charge in [0.2, 0.25) is 0 Å². The molecule has 4 nitrogen and oxygen atoms in total. The first-order valence-electron chi connectivity index (χ1n) is 7.84. The Balaban J connectivity index is 2.25. The summed E-state index contributed by atoms with van der Waals surface area (Å²) in [6.07, 6.45) is 11.5. The van der Waals surface area contributed by atoms with Gasteiger partial charge in [0.25, 0.3) is 0 Å². The average molecular weight is 275 g/mol. The second kappa shape index (κ2) is 7.27. The molecule has 0 saturated carbocycles. The van der Waals surface area contributed by atoms with E-state index < -0.39 is 0 Å². The van der Waals surface area contributed by atoms with E-state index in [0.717, 1.165) is 18.5 Å². The minimum absolute atomic E-state index is 0.142. The van der Waals surface area contributed by atoms with Crippen LogP contribution in [0.2, 0.25) is 0 Å². The van der Waals surface area contributed by atoms with Crippen molar-refractivity contribution in [2.75, 3.05) is 0 Å². The molecule has 20 heavy (non-hydrogen) atoms. The summed E-state index contributed by atoms with van der Waals surface area (Å²) in [7, 11) is 0. The number of nitrogens with zero attached hydrogens (tertiary/aromatic N) is 2. The third-order valence-electron chi connectivity index (χ3n) is 3.83. The van der Waals surface area contributed by atoms with E-state index in [2.05, 4.69) is 30.1 Å². The van der Waals surface area contributed by atoms with Crippen LogP contribution in [0.5, 0.6) is 0 Å². The van der Waals surface area contributed by atoms with Gasteiger partial charge < -0.3 is 0 Å². The van der Waals surface area contributed by atoms with Crippen LogP contribution in [0, 0.1) is 0 Å². The van der Waals surface area contributed by atoms with E-state index in [4.69, 9.17) is 0 Å². The molecule has 1 N–H and O–H groups in total. The van der Waals surface area contributed by atoms with Gasteiger partial charge in [0, 0.05) is 6.20 Å². The molecule has 2 aromatic rings. The van der Waals surface area contributed by atoms with Crippen molar-refractivity contribution < 1.29 is 0 Å². The Labute approximate surface area is 120 Å². The zero-order valence-electron chi connectivity index (χ0n) is 12.6. The molecule has 0 bridgehead atoms. The van der Waals surface area contributed by atoms with Gasteiger partial charge in [0.1, 0.15) is 0 Å². The molecule has 2 rings (SSSR count). The lowest BCUT2D eigenvalue weighted by atomic mass is 9.99. The van der Waals surface area contributed by atoms with Crippen molar-refractivity contribution in [1.82, 2.24) is 14.6 Å². The van der Waals surface area contributed by atoms with Crippen molar-refractivity contribution in [3.63, 3.8) is 0 Å². The molecule has 0 aliphatic rings. The molecular formula is C16H25N3O. The summed E-state index contributed by atoms with van der Waals surface area (Å²) >= 11 is 0. The number of rotatable bonds is 8. The van der Waals surface area contributed by atoms with Gasteiger partial charge in [-0.1, -0.05) is 39.5 Å². The molecule has 0 spiro atoms. The van der Waals surface area contributed by atoms with Crippen LogP contribution in [0.4, 0.5) is 0 Å². The van der Waals surface area contributed by atoms with Crippen LogP contribution in [0.25, 0.3) is 5.65 Å². The molecule has 0 fully saturated rings. The highest BCUT2D eigenvalue weighted by atomic mass is 16.1. The van der Waals surface area contributed by atoms with Crippen LogP contribution in [-0.2, 0) is 12.8 Å². The number of unbranched alkanes of at least 4 members (excludes halogenated alkanes) is 4. The van der Waals surface area contributed by atoms with Crippen LogP contribution in [0.3, 0.4) is 0 Å². The van der Waals surface area contributed by atoms with Crippen molar-refractivity contribution >= 4 is 5.65 Å². The van der Waals surface area contributed by atoms with Gasteiger partial charge in [0.15, 0.2) is 5.65 Å². The van der Waals surface area contributed by atoms with Gasteiger partial charge in [-0.15, -0.1) is 0 Å². The molecule has 0 radical (unpaired) electrons. The monoisotopic (exact) mass is 275 g/mol. The second-order valence-electron chi connectivity index (χ2n) is 5.50. The zero-order chi connectivity index (χ0) is 14.4. The SMILES string of the molecule is CCCCCc1cc2n[nH]c(=O)n2cc1CCCCC. The molecule has 4 heteroatoms. The fourth-order valence-electron chi connectivity index (χ4n) is 2.62. The highest BCUT2D eigenvalue weighted by Gasteiger charge is 2.08. The first kappa shape index (κ1) is 14.8. The van der Waals surface area contributed by atoms with E-state index in [9.17, 15) is 4.79 Å². The Morgan fingerprint density at radius 3 is 2.35 bits per heavy atom. The number of nitrogens with one attached hydrogen (secondary N) is 1. The highest BCUT2D eigenvalue weighted by molar-refractivity contribution is 5.43. The fourth-order valence-corrected chi connectivity index (χ4v) is 2.62. The zero-order valence-corrected chi connectivity index (χ0v) is 12.6. The molecule has 0 unspecified atom stereocenters. The van der Waals surface area contributed by atoms with Gasteiger partial charge in [-0.3, -0.25) is 4.40 Å². The molecule has 0 amide bonds. The summed E-state index contributed by atoms with van der Waals surface area (Å²) in [5.41, 5.74) is 3.27. The van der Waals surface area contributed by atoms with Crippen molar-refractivity contribution in [2.24, 2.45) is 0 Å².